The molecular formula is C14H23N3. The Bertz CT molecular complexity index is 367. The minimum Gasteiger partial charge on any atom is -0.383 e. The highest BCUT2D eigenvalue weighted by molar-refractivity contribution is 5.48. The average molecular weight is 233 g/mol. The number of nitrogens with zero attached hydrogens (tertiary/aromatic N) is 2. The Labute approximate surface area is 104 Å². The fourth-order valence-corrected chi connectivity index (χ4v) is 2.75. The van der Waals surface area contributed by atoms with Crippen LogP contribution in [-0.4, -0.2) is 36.1 Å². The van der Waals surface area contributed by atoms with Crippen molar-refractivity contribution in [3.63, 3.8) is 0 Å². The minimum atomic E-state index is 0.343. The lowest BCUT2D eigenvalue weighted by molar-refractivity contribution is 0.172. The number of rotatable bonds is 4. The molecule has 0 amide bonds. The molecule has 17 heavy (non-hydrogen) atoms. The maximum atomic E-state index is 4.13. The molecule has 3 nitrogen and oxygen atoms in total. The molecule has 1 aromatic rings. The molecule has 1 heterocycles. The summed E-state index contributed by atoms with van der Waals surface area (Å²) in [5.74, 6) is 0. The summed E-state index contributed by atoms with van der Waals surface area (Å²) in [6.07, 6.45) is 9.09. The van der Waals surface area contributed by atoms with E-state index in [1.807, 2.05) is 12.4 Å². The van der Waals surface area contributed by atoms with E-state index in [0.717, 1.165) is 6.54 Å². The van der Waals surface area contributed by atoms with Gasteiger partial charge in [0, 0.05) is 30.2 Å². The lowest BCUT2D eigenvalue weighted by atomic mass is 9.96. The first-order valence-electron chi connectivity index (χ1n) is 6.46. The van der Waals surface area contributed by atoms with E-state index in [-0.39, 0.29) is 0 Å². The van der Waals surface area contributed by atoms with Crippen molar-refractivity contribution < 1.29 is 0 Å². The summed E-state index contributed by atoms with van der Waals surface area (Å²) < 4.78 is 0. The molecule has 1 saturated carbocycles. The van der Waals surface area contributed by atoms with Gasteiger partial charge in [-0.3, -0.25) is 4.98 Å². The monoisotopic (exact) mass is 233 g/mol. The Morgan fingerprint density at radius 3 is 2.65 bits per heavy atom. The van der Waals surface area contributed by atoms with Crippen LogP contribution in [0, 0.1) is 6.92 Å². The number of aryl methyl sites for hydroxylation is 1. The number of anilines is 1. The topological polar surface area (TPSA) is 28.2 Å². The van der Waals surface area contributed by atoms with E-state index in [0.29, 0.717) is 5.54 Å². The highest BCUT2D eigenvalue weighted by Gasteiger charge is 2.35. The molecule has 0 radical (unpaired) electrons. The molecular weight excluding hydrogens is 210 g/mol. The van der Waals surface area contributed by atoms with Crippen molar-refractivity contribution in [1.82, 2.24) is 9.88 Å². The summed E-state index contributed by atoms with van der Waals surface area (Å²) in [6.45, 7) is 3.14. The smallest absolute Gasteiger partial charge is 0.0401 e. The summed E-state index contributed by atoms with van der Waals surface area (Å²) in [5, 5.41) is 3.60. The lowest BCUT2D eigenvalue weighted by Crippen LogP contribution is -2.47. The van der Waals surface area contributed by atoms with E-state index in [1.165, 1.54) is 36.9 Å². The Balaban J connectivity index is 2.03. The summed E-state index contributed by atoms with van der Waals surface area (Å²) >= 11 is 0. The van der Waals surface area contributed by atoms with Crippen molar-refractivity contribution in [3.05, 3.63) is 24.0 Å². The molecule has 1 fully saturated rings. The van der Waals surface area contributed by atoms with Crippen molar-refractivity contribution in [3.8, 4) is 0 Å². The van der Waals surface area contributed by atoms with Gasteiger partial charge >= 0.3 is 0 Å². The number of likely N-dealkylation sites (N-methyl/N-ethyl adjacent to an activating group) is 1. The third kappa shape index (κ3) is 2.60. The fraction of sp³-hybridized carbons (Fsp3) is 0.643. The van der Waals surface area contributed by atoms with Crippen LogP contribution >= 0.6 is 0 Å². The van der Waals surface area contributed by atoms with Crippen LogP contribution in [0.4, 0.5) is 5.69 Å². The maximum absolute atomic E-state index is 4.13. The molecule has 94 valence electrons. The molecule has 0 aromatic carbocycles. The van der Waals surface area contributed by atoms with Crippen molar-refractivity contribution in [1.29, 1.82) is 0 Å². The largest absolute Gasteiger partial charge is 0.383 e. The summed E-state index contributed by atoms with van der Waals surface area (Å²) in [4.78, 5) is 6.52. The van der Waals surface area contributed by atoms with Crippen LogP contribution < -0.4 is 5.32 Å². The van der Waals surface area contributed by atoms with E-state index in [2.05, 4.69) is 42.3 Å². The molecule has 2 rings (SSSR count). The normalized spacial score (nSPS) is 18.6. The van der Waals surface area contributed by atoms with Gasteiger partial charge in [-0.05, 0) is 45.5 Å². The predicted octanol–water partition coefficient (Wildman–Crippen LogP) is 2.68. The van der Waals surface area contributed by atoms with Gasteiger partial charge in [-0.2, -0.15) is 0 Å². The number of nitrogens with one attached hydrogen (secondary N) is 1. The van der Waals surface area contributed by atoms with Crippen molar-refractivity contribution in [2.75, 3.05) is 26.0 Å². The van der Waals surface area contributed by atoms with Crippen LogP contribution in [0.2, 0.25) is 0 Å². The van der Waals surface area contributed by atoms with Crippen LogP contribution in [0.15, 0.2) is 18.5 Å². The maximum Gasteiger partial charge on any atom is 0.0401 e. The minimum absolute atomic E-state index is 0.343. The summed E-state index contributed by atoms with van der Waals surface area (Å²) in [6, 6.07) is 2.06. The fourth-order valence-electron chi connectivity index (χ4n) is 2.75. The van der Waals surface area contributed by atoms with Gasteiger partial charge in [0.2, 0.25) is 0 Å². The molecule has 3 heteroatoms. The number of aromatic nitrogens is 1. The molecule has 0 spiro atoms. The molecule has 1 aromatic heterocycles. The number of hydrogen-bond donors (Lipinski definition) is 1. The van der Waals surface area contributed by atoms with E-state index in [9.17, 15) is 0 Å². The molecule has 0 bridgehead atoms. The third-order valence-corrected chi connectivity index (χ3v) is 4.11. The molecule has 0 aliphatic heterocycles. The first-order chi connectivity index (χ1) is 8.14. The Kier molecular flexibility index (Phi) is 3.67. The number of pyridine rings is 1. The van der Waals surface area contributed by atoms with Gasteiger partial charge in [-0.15, -0.1) is 0 Å². The molecule has 1 N–H and O–H groups in total. The second kappa shape index (κ2) is 5.05. The second-order valence-corrected chi connectivity index (χ2v) is 5.37. The lowest BCUT2D eigenvalue weighted by Gasteiger charge is -2.37. The van der Waals surface area contributed by atoms with Gasteiger partial charge in [-0.1, -0.05) is 12.8 Å². The van der Waals surface area contributed by atoms with E-state index >= 15 is 0 Å². The van der Waals surface area contributed by atoms with Gasteiger partial charge in [0.25, 0.3) is 0 Å². The van der Waals surface area contributed by atoms with Gasteiger partial charge in [0.15, 0.2) is 0 Å². The van der Waals surface area contributed by atoms with Crippen molar-refractivity contribution in [2.24, 2.45) is 0 Å². The Morgan fingerprint density at radius 1 is 1.35 bits per heavy atom. The zero-order valence-electron chi connectivity index (χ0n) is 11.2. The van der Waals surface area contributed by atoms with Gasteiger partial charge in [0.05, 0.1) is 0 Å². The molecule has 1 aliphatic carbocycles. The Hall–Kier alpha value is -1.09. The zero-order chi connectivity index (χ0) is 12.3. The SMILES string of the molecule is Cc1cnccc1NCC1(N(C)C)CCCC1. The third-order valence-electron chi connectivity index (χ3n) is 4.11. The summed E-state index contributed by atoms with van der Waals surface area (Å²) in [5.41, 5.74) is 2.78. The Morgan fingerprint density at radius 2 is 2.06 bits per heavy atom. The van der Waals surface area contributed by atoms with Crippen LogP contribution in [0.1, 0.15) is 31.2 Å². The average Bonchev–Trinajstić information content (AvgIpc) is 2.78. The van der Waals surface area contributed by atoms with Crippen LogP contribution in [0.3, 0.4) is 0 Å². The standard InChI is InChI=1S/C14H23N3/c1-12-10-15-9-6-13(12)16-11-14(17(2)3)7-4-5-8-14/h6,9-10H,4-5,7-8,11H2,1-3H3,(H,15,16). The quantitative estimate of drug-likeness (QED) is 0.866. The molecule has 0 saturated heterocycles. The van der Waals surface area contributed by atoms with Gasteiger partial charge in [0.1, 0.15) is 0 Å². The highest BCUT2D eigenvalue weighted by atomic mass is 15.2. The van der Waals surface area contributed by atoms with E-state index < -0.39 is 0 Å². The van der Waals surface area contributed by atoms with Crippen LogP contribution in [-0.2, 0) is 0 Å². The van der Waals surface area contributed by atoms with Crippen molar-refractivity contribution in [2.45, 2.75) is 38.1 Å². The van der Waals surface area contributed by atoms with Crippen molar-refractivity contribution >= 4 is 5.69 Å². The van der Waals surface area contributed by atoms with Gasteiger partial charge < -0.3 is 10.2 Å². The van der Waals surface area contributed by atoms with E-state index in [4.69, 9.17) is 0 Å². The second-order valence-electron chi connectivity index (χ2n) is 5.37. The zero-order valence-corrected chi connectivity index (χ0v) is 11.2. The molecule has 0 atom stereocenters. The molecule has 1 aliphatic rings. The highest BCUT2D eigenvalue weighted by Crippen LogP contribution is 2.34. The van der Waals surface area contributed by atoms with E-state index in [1.54, 1.807) is 0 Å². The molecule has 0 unspecified atom stereocenters. The van der Waals surface area contributed by atoms with Gasteiger partial charge in [-0.25, -0.2) is 0 Å². The van der Waals surface area contributed by atoms with Crippen LogP contribution in [0.5, 0.6) is 0 Å². The number of hydrogen-bond acceptors (Lipinski definition) is 3. The van der Waals surface area contributed by atoms with Crippen LogP contribution in [0.25, 0.3) is 0 Å². The predicted molar refractivity (Wildman–Crippen MR) is 72.3 cm³/mol. The first kappa shape index (κ1) is 12.4. The first-order valence-corrected chi connectivity index (χ1v) is 6.46. The summed E-state index contributed by atoms with van der Waals surface area (Å²) in [7, 11) is 4.40.